The molecule has 0 radical (unpaired) electrons. The Morgan fingerprint density at radius 1 is 1.30 bits per heavy atom. The molecule has 1 fully saturated rings. The van der Waals surface area contributed by atoms with E-state index in [4.69, 9.17) is 10.3 Å². The minimum absolute atomic E-state index is 0. The first-order valence-electron chi connectivity index (χ1n) is 6.18. The molecule has 20 heavy (non-hydrogen) atoms. The first-order valence-corrected chi connectivity index (χ1v) is 6.97. The lowest BCUT2D eigenvalue weighted by Gasteiger charge is -2.17. The van der Waals surface area contributed by atoms with Crippen LogP contribution in [0.1, 0.15) is 31.5 Å². The number of benzene rings is 1. The van der Waals surface area contributed by atoms with Crippen LogP contribution in [0.25, 0.3) is 11.5 Å². The zero-order valence-corrected chi connectivity index (χ0v) is 13.0. The Kier molecular flexibility index (Phi) is 4.46. The zero-order chi connectivity index (χ0) is 13.5. The highest BCUT2D eigenvalue weighted by Crippen LogP contribution is 2.36. The maximum absolute atomic E-state index is 13.8. The van der Waals surface area contributed by atoms with Crippen molar-refractivity contribution in [2.75, 3.05) is 0 Å². The lowest BCUT2D eigenvalue weighted by Crippen LogP contribution is -2.34. The molecule has 1 aliphatic rings. The van der Waals surface area contributed by atoms with Gasteiger partial charge in [-0.2, -0.15) is 4.98 Å². The summed E-state index contributed by atoms with van der Waals surface area (Å²) in [5.74, 6) is 0.230. The van der Waals surface area contributed by atoms with Gasteiger partial charge < -0.3 is 10.3 Å². The second-order valence-electron chi connectivity index (χ2n) is 4.88. The fourth-order valence-electron chi connectivity index (χ4n) is 2.46. The summed E-state index contributed by atoms with van der Waals surface area (Å²) in [6, 6.07) is 4.70. The van der Waals surface area contributed by atoms with E-state index in [2.05, 4.69) is 26.1 Å². The number of nitrogens with two attached hydrogens (primary N) is 1. The number of hydrogen-bond acceptors (Lipinski definition) is 4. The number of rotatable bonds is 2. The molecule has 1 aliphatic carbocycles. The first kappa shape index (κ1) is 15.4. The van der Waals surface area contributed by atoms with Crippen molar-refractivity contribution in [3.05, 3.63) is 34.3 Å². The van der Waals surface area contributed by atoms with Gasteiger partial charge in [0.1, 0.15) is 5.82 Å². The zero-order valence-electron chi connectivity index (χ0n) is 10.6. The third-order valence-corrected chi connectivity index (χ3v) is 4.20. The van der Waals surface area contributed by atoms with Crippen LogP contribution in [-0.4, -0.2) is 10.1 Å². The molecule has 108 valence electrons. The molecule has 1 heterocycles. The second-order valence-corrected chi connectivity index (χ2v) is 5.74. The van der Waals surface area contributed by atoms with Gasteiger partial charge in [-0.05, 0) is 40.9 Å². The molecule has 1 aromatic heterocycles. The van der Waals surface area contributed by atoms with Crippen molar-refractivity contribution in [3.63, 3.8) is 0 Å². The fourth-order valence-corrected chi connectivity index (χ4v) is 2.97. The molecule has 0 amide bonds. The van der Waals surface area contributed by atoms with Crippen LogP contribution in [0.5, 0.6) is 0 Å². The predicted molar refractivity (Wildman–Crippen MR) is 79.0 cm³/mol. The molecule has 0 aliphatic heterocycles. The summed E-state index contributed by atoms with van der Waals surface area (Å²) in [6.45, 7) is 0. The Bertz CT molecular complexity index is 593. The van der Waals surface area contributed by atoms with Crippen LogP contribution in [0.3, 0.4) is 0 Å². The van der Waals surface area contributed by atoms with Gasteiger partial charge in [0.15, 0.2) is 5.82 Å². The molecule has 0 saturated heterocycles. The van der Waals surface area contributed by atoms with Gasteiger partial charge in [-0.15, -0.1) is 12.4 Å². The quantitative estimate of drug-likeness (QED) is 0.883. The highest BCUT2D eigenvalue weighted by molar-refractivity contribution is 9.10. The summed E-state index contributed by atoms with van der Waals surface area (Å²) < 4.78 is 19.6. The standard InChI is InChI=1S/C13H13BrFN3O.ClH/c14-8-4-3-5-9(15)10(8)11-17-12(18-19-11)13(16)6-1-2-7-13;/h3-5H,1-2,6-7,16H2;1H. The van der Waals surface area contributed by atoms with Crippen molar-refractivity contribution in [2.45, 2.75) is 31.2 Å². The smallest absolute Gasteiger partial charge is 0.262 e. The largest absolute Gasteiger partial charge is 0.334 e. The number of hydrogen-bond donors (Lipinski definition) is 1. The Labute approximate surface area is 130 Å². The molecule has 7 heteroatoms. The number of nitrogens with zero attached hydrogens (tertiary/aromatic N) is 2. The number of aromatic nitrogens is 2. The van der Waals surface area contributed by atoms with Gasteiger partial charge in [0.25, 0.3) is 5.89 Å². The third-order valence-electron chi connectivity index (χ3n) is 3.54. The minimum Gasteiger partial charge on any atom is -0.334 e. The first-order chi connectivity index (χ1) is 9.10. The molecular weight excluding hydrogens is 349 g/mol. The highest BCUT2D eigenvalue weighted by atomic mass is 79.9. The summed E-state index contributed by atoms with van der Waals surface area (Å²) in [5, 5.41) is 3.93. The molecule has 2 aromatic rings. The Hall–Kier alpha value is -0.980. The van der Waals surface area contributed by atoms with Crippen molar-refractivity contribution >= 4 is 28.3 Å². The third kappa shape index (κ3) is 2.60. The summed E-state index contributed by atoms with van der Waals surface area (Å²) in [6.07, 6.45) is 3.79. The van der Waals surface area contributed by atoms with Crippen LogP contribution in [0.4, 0.5) is 4.39 Å². The van der Waals surface area contributed by atoms with E-state index in [1.807, 2.05) is 0 Å². The number of halogens is 3. The second kappa shape index (κ2) is 5.79. The van der Waals surface area contributed by atoms with E-state index in [1.54, 1.807) is 12.1 Å². The van der Waals surface area contributed by atoms with E-state index in [9.17, 15) is 4.39 Å². The van der Waals surface area contributed by atoms with Gasteiger partial charge in [0, 0.05) is 4.47 Å². The molecule has 1 aromatic carbocycles. The van der Waals surface area contributed by atoms with Gasteiger partial charge >= 0.3 is 0 Å². The summed E-state index contributed by atoms with van der Waals surface area (Å²) >= 11 is 3.29. The van der Waals surface area contributed by atoms with Crippen molar-refractivity contribution in [3.8, 4) is 11.5 Å². The molecule has 1 saturated carbocycles. The van der Waals surface area contributed by atoms with E-state index in [0.717, 1.165) is 25.7 Å². The van der Waals surface area contributed by atoms with E-state index >= 15 is 0 Å². The molecule has 0 bridgehead atoms. The van der Waals surface area contributed by atoms with Gasteiger partial charge in [0.05, 0.1) is 11.1 Å². The molecule has 4 nitrogen and oxygen atoms in total. The molecule has 0 unspecified atom stereocenters. The van der Waals surface area contributed by atoms with E-state index in [-0.39, 0.29) is 23.9 Å². The van der Waals surface area contributed by atoms with Gasteiger partial charge in [0.2, 0.25) is 0 Å². The maximum Gasteiger partial charge on any atom is 0.262 e. The molecular formula is C13H14BrClFN3O. The Morgan fingerprint density at radius 2 is 2.00 bits per heavy atom. The summed E-state index contributed by atoms with van der Waals surface area (Å²) in [7, 11) is 0. The topological polar surface area (TPSA) is 64.9 Å². The van der Waals surface area contributed by atoms with E-state index in [0.29, 0.717) is 10.3 Å². The molecule has 0 atom stereocenters. The lowest BCUT2D eigenvalue weighted by molar-refractivity contribution is 0.372. The normalized spacial score (nSPS) is 16.9. The van der Waals surface area contributed by atoms with Crippen LogP contribution in [0, 0.1) is 5.82 Å². The van der Waals surface area contributed by atoms with Crippen molar-refractivity contribution in [1.82, 2.24) is 10.1 Å². The van der Waals surface area contributed by atoms with Crippen molar-refractivity contribution in [2.24, 2.45) is 5.73 Å². The summed E-state index contributed by atoms with van der Waals surface area (Å²) in [5.41, 5.74) is 6.01. The summed E-state index contributed by atoms with van der Waals surface area (Å²) in [4.78, 5) is 4.28. The van der Waals surface area contributed by atoms with Crippen LogP contribution in [0.2, 0.25) is 0 Å². The van der Waals surface area contributed by atoms with Crippen LogP contribution < -0.4 is 5.73 Å². The monoisotopic (exact) mass is 361 g/mol. The SMILES string of the molecule is Cl.NC1(c2noc(-c3c(F)cccc3Br)n2)CCCC1. The van der Waals surface area contributed by atoms with Gasteiger partial charge in [-0.3, -0.25) is 0 Å². The van der Waals surface area contributed by atoms with Crippen LogP contribution >= 0.6 is 28.3 Å². The Balaban J connectivity index is 0.00000147. The van der Waals surface area contributed by atoms with Gasteiger partial charge in [-0.1, -0.05) is 24.1 Å². The lowest BCUT2D eigenvalue weighted by atomic mass is 9.99. The highest BCUT2D eigenvalue weighted by Gasteiger charge is 2.36. The molecule has 0 spiro atoms. The maximum atomic E-state index is 13.8. The van der Waals surface area contributed by atoms with E-state index < -0.39 is 11.4 Å². The van der Waals surface area contributed by atoms with Crippen molar-refractivity contribution < 1.29 is 8.91 Å². The van der Waals surface area contributed by atoms with Gasteiger partial charge in [-0.25, -0.2) is 4.39 Å². The Morgan fingerprint density at radius 3 is 2.65 bits per heavy atom. The fraction of sp³-hybridized carbons (Fsp3) is 0.385. The van der Waals surface area contributed by atoms with E-state index in [1.165, 1.54) is 6.07 Å². The minimum atomic E-state index is -0.528. The average Bonchev–Trinajstić information content (AvgIpc) is 2.99. The average molecular weight is 363 g/mol. The predicted octanol–water partition coefficient (Wildman–Crippen LogP) is 3.79. The molecule has 3 rings (SSSR count). The molecule has 2 N–H and O–H groups in total. The van der Waals surface area contributed by atoms with Crippen LogP contribution in [0.15, 0.2) is 27.2 Å². The van der Waals surface area contributed by atoms with Crippen molar-refractivity contribution in [1.29, 1.82) is 0 Å². The van der Waals surface area contributed by atoms with Crippen LogP contribution in [-0.2, 0) is 5.54 Å².